The molecule has 1 heterocycles. The number of nitrogens with one attached hydrogen (secondary N) is 1. The number of hydrogen-bond acceptors (Lipinski definition) is 1. The first-order chi connectivity index (χ1) is 6.79. The smallest absolute Gasteiger partial charge is 0.0443 e. The van der Waals surface area contributed by atoms with Crippen molar-refractivity contribution in [1.82, 2.24) is 5.32 Å². The van der Waals surface area contributed by atoms with E-state index < -0.39 is 0 Å². The highest BCUT2D eigenvalue weighted by molar-refractivity contribution is 6.31. The number of rotatable bonds is 1. The van der Waals surface area contributed by atoms with E-state index in [-0.39, 0.29) is 0 Å². The van der Waals surface area contributed by atoms with Crippen molar-refractivity contribution in [2.75, 3.05) is 13.1 Å². The van der Waals surface area contributed by atoms with Crippen molar-refractivity contribution >= 4 is 11.6 Å². The molecule has 1 N–H and O–H groups in total. The van der Waals surface area contributed by atoms with Crippen LogP contribution in [0.15, 0.2) is 18.2 Å². The largest absolute Gasteiger partial charge is 0.316 e. The van der Waals surface area contributed by atoms with Gasteiger partial charge in [0.2, 0.25) is 0 Å². The van der Waals surface area contributed by atoms with Crippen molar-refractivity contribution in [1.29, 1.82) is 0 Å². The van der Waals surface area contributed by atoms with Gasteiger partial charge in [-0.3, -0.25) is 0 Å². The van der Waals surface area contributed by atoms with Crippen molar-refractivity contribution in [3.63, 3.8) is 0 Å². The Bertz CT molecular complexity index is 296. The van der Waals surface area contributed by atoms with Gasteiger partial charge < -0.3 is 5.32 Å². The minimum Gasteiger partial charge on any atom is -0.316 e. The van der Waals surface area contributed by atoms with E-state index in [0.29, 0.717) is 5.92 Å². The molecule has 1 saturated heterocycles. The van der Waals surface area contributed by atoms with Crippen molar-refractivity contribution in [3.05, 3.63) is 34.3 Å². The zero-order valence-corrected chi connectivity index (χ0v) is 9.27. The predicted octanol–water partition coefficient (Wildman–Crippen LogP) is 3.12. The van der Waals surface area contributed by atoms with Crippen LogP contribution in [0.1, 0.15) is 29.9 Å². The molecule has 76 valence electrons. The topological polar surface area (TPSA) is 12.0 Å². The normalized spacial score (nSPS) is 22.3. The lowest BCUT2D eigenvalue weighted by atomic mass is 9.89. The van der Waals surface area contributed by atoms with Crippen LogP contribution >= 0.6 is 11.6 Å². The molecule has 1 nitrogen and oxygen atoms in total. The molecule has 0 radical (unpaired) electrons. The second-order valence-electron chi connectivity index (χ2n) is 4.01. The first kappa shape index (κ1) is 10.0. The minimum atomic E-state index is 0.609. The average molecular weight is 210 g/mol. The number of piperidine rings is 1. The summed E-state index contributed by atoms with van der Waals surface area (Å²) < 4.78 is 0. The van der Waals surface area contributed by atoms with Gasteiger partial charge in [0.15, 0.2) is 0 Å². The molecule has 1 aromatic rings. The highest BCUT2D eigenvalue weighted by Crippen LogP contribution is 2.31. The standard InChI is InChI=1S/C12H16ClN/c1-9-4-2-6-11(13)12(9)10-5-3-7-14-8-10/h2,4,6,10,14H,3,5,7-8H2,1H3. The van der Waals surface area contributed by atoms with E-state index in [1.54, 1.807) is 0 Å². The van der Waals surface area contributed by atoms with Crippen LogP contribution < -0.4 is 5.32 Å². The molecule has 1 aromatic carbocycles. The molecular formula is C12H16ClN. The number of benzene rings is 1. The maximum Gasteiger partial charge on any atom is 0.0443 e. The quantitative estimate of drug-likeness (QED) is 0.750. The van der Waals surface area contributed by atoms with E-state index in [0.717, 1.165) is 18.1 Å². The molecule has 1 aliphatic rings. The molecule has 2 heteroatoms. The second kappa shape index (κ2) is 4.33. The van der Waals surface area contributed by atoms with Crippen LogP contribution in [-0.4, -0.2) is 13.1 Å². The highest BCUT2D eigenvalue weighted by Gasteiger charge is 2.18. The summed E-state index contributed by atoms with van der Waals surface area (Å²) in [6.07, 6.45) is 2.52. The highest BCUT2D eigenvalue weighted by atomic mass is 35.5. The number of hydrogen-bond donors (Lipinski definition) is 1. The molecule has 0 bridgehead atoms. The molecule has 0 aromatic heterocycles. The van der Waals surface area contributed by atoms with E-state index in [1.807, 2.05) is 12.1 Å². The molecular weight excluding hydrogens is 194 g/mol. The molecule has 0 spiro atoms. The van der Waals surface area contributed by atoms with Crippen LogP contribution in [0.2, 0.25) is 5.02 Å². The molecule has 1 atom stereocenters. The molecule has 14 heavy (non-hydrogen) atoms. The Hall–Kier alpha value is -0.530. The van der Waals surface area contributed by atoms with Gasteiger partial charge in [-0.2, -0.15) is 0 Å². The summed E-state index contributed by atoms with van der Waals surface area (Å²) in [5, 5.41) is 4.36. The lowest BCUT2D eigenvalue weighted by Crippen LogP contribution is -2.28. The van der Waals surface area contributed by atoms with E-state index in [1.165, 1.54) is 24.0 Å². The van der Waals surface area contributed by atoms with Gasteiger partial charge in [-0.1, -0.05) is 23.7 Å². The van der Waals surface area contributed by atoms with Gasteiger partial charge in [-0.05, 0) is 49.4 Å². The number of aryl methyl sites for hydroxylation is 1. The first-order valence-corrected chi connectivity index (χ1v) is 5.62. The van der Waals surface area contributed by atoms with Crippen molar-refractivity contribution in [3.8, 4) is 0 Å². The summed E-state index contributed by atoms with van der Waals surface area (Å²) in [6, 6.07) is 6.17. The van der Waals surface area contributed by atoms with Crippen LogP contribution in [0.3, 0.4) is 0 Å². The van der Waals surface area contributed by atoms with Gasteiger partial charge in [0.1, 0.15) is 0 Å². The third-order valence-corrected chi connectivity index (χ3v) is 3.31. The Labute approximate surface area is 90.5 Å². The molecule has 1 aliphatic heterocycles. The van der Waals surface area contributed by atoms with Crippen molar-refractivity contribution in [2.45, 2.75) is 25.7 Å². The van der Waals surface area contributed by atoms with Crippen LogP contribution in [0.4, 0.5) is 0 Å². The van der Waals surface area contributed by atoms with Gasteiger partial charge in [0, 0.05) is 11.6 Å². The molecule has 0 amide bonds. The van der Waals surface area contributed by atoms with Gasteiger partial charge >= 0.3 is 0 Å². The van der Waals surface area contributed by atoms with E-state index in [9.17, 15) is 0 Å². The van der Waals surface area contributed by atoms with Crippen LogP contribution in [-0.2, 0) is 0 Å². The summed E-state index contributed by atoms with van der Waals surface area (Å²) in [4.78, 5) is 0. The maximum absolute atomic E-state index is 6.24. The third kappa shape index (κ3) is 1.94. The predicted molar refractivity (Wildman–Crippen MR) is 61.0 cm³/mol. The zero-order chi connectivity index (χ0) is 9.97. The third-order valence-electron chi connectivity index (χ3n) is 2.98. The fraction of sp³-hybridized carbons (Fsp3) is 0.500. The van der Waals surface area contributed by atoms with E-state index in [2.05, 4.69) is 18.3 Å². The van der Waals surface area contributed by atoms with Gasteiger partial charge in [0.05, 0.1) is 0 Å². The van der Waals surface area contributed by atoms with Crippen LogP contribution in [0.25, 0.3) is 0 Å². The first-order valence-electron chi connectivity index (χ1n) is 5.25. The zero-order valence-electron chi connectivity index (χ0n) is 8.52. The molecule has 0 aliphatic carbocycles. The van der Waals surface area contributed by atoms with E-state index in [4.69, 9.17) is 11.6 Å². The van der Waals surface area contributed by atoms with Crippen molar-refractivity contribution < 1.29 is 0 Å². The van der Waals surface area contributed by atoms with Crippen LogP contribution in [0, 0.1) is 6.92 Å². The summed E-state index contributed by atoms with van der Waals surface area (Å²) in [5.41, 5.74) is 2.67. The summed E-state index contributed by atoms with van der Waals surface area (Å²) >= 11 is 6.24. The lowest BCUT2D eigenvalue weighted by molar-refractivity contribution is 0.460. The Morgan fingerprint density at radius 3 is 2.93 bits per heavy atom. The molecule has 1 unspecified atom stereocenters. The summed E-state index contributed by atoms with van der Waals surface area (Å²) in [7, 11) is 0. The SMILES string of the molecule is Cc1cccc(Cl)c1C1CCCNC1. The second-order valence-corrected chi connectivity index (χ2v) is 4.42. The monoisotopic (exact) mass is 209 g/mol. The fourth-order valence-electron chi connectivity index (χ4n) is 2.26. The Kier molecular flexibility index (Phi) is 3.09. The molecule has 2 rings (SSSR count). The Morgan fingerprint density at radius 2 is 2.29 bits per heavy atom. The molecule has 0 saturated carbocycles. The number of halogens is 1. The summed E-state index contributed by atoms with van der Waals surface area (Å²) in [6.45, 7) is 4.38. The van der Waals surface area contributed by atoms with Gasteiger partial charge in [-0.25, -0.2) is 0 Å². The van der Waals surface area contributed by atoms with Gasteiger partial charge in [0.25, 0.3) is 0 Å². The Morgan fingerprint density at radius 1 is 1.43 bits per heavy atom. The van der Waals surface area contributed by atoms with Crippen LogP contribution in [0.5, 0.6) is 0 Å². The summed E-state index contributed by atoms with van der Waals surface area (Å²) in [5.74, 6) is 0.609. The lowest BCUT2D eigenvalue weighted by Gasteiger charge is -2.25. The van der Waals surface area contributed by atoms with Crippen molar-refractivity contribution in [2.24, 2.45) is 0 Å². The van der Waals surface area contributed by atoms with E-state index >= 15 is 0 Å². The fourth-order valence-corrected chi connectivity index (χ4v) is 2.64. The Balaban J connectivity index is 2.29. The minimum absolute atomic E-state index is 0.609. The average Bonchev–Trinajstić information content (AvgIpc) is 2.19. The molecule has 1 fully saturated rings. The maximum atomic E-state index is 6.24. The van der Waals surface area contributed by atoms with Gasteiger partial charge in [-0.15, -0.1) is 0 Å².